The molecule has 9 heteroatoms. The molecule has 0 aromatic carbocycles. The summed E-state index contributed by atoms with van der Waals surface area (Å²) in [5.74, 6) is -0.147. The van der Waals surface area contributed by atoms with Gasteiger partial charge in [-0.25, -0.2) is 4.57 Å². The van der Waals surface area contributed by atoms with Crippen LogP contribution in [0.4, 0.5) is 0 Å². The van der Waals surface area contributed by atoms with Crippen molar-refractivity contribution in [1.29, 1.82) is 0 Å². The van der Waals surface area contributed by atoms with Crippen LogP contribution in [0.5, 0.6) is 0 Å². The van der Waals surface area contributed by atoms with Gasteiger partial charge in [0.1, 0.15) is 13.2 Å². The Morgan fingerprint density at radius 2 is 0.891 bits per heavy atom. The molecular weight excluding hydrogens is 816 g/mol. The van der Waals surface area contributed by atoms with Crippen LogP contribution in [0.25, 0.3) is 0 Å². The Kier molecular flexibility index (Phi) is 46.3. The van der Waals surface area contributed by atoms with E-state index in [9.17, 15) is 19.4 Å². The molecule has 64 heavy (non-hydrogen) atoms. The molecule has 380 valence electrons. The fourth-order valence-electron chi connectivity index (χ4n) is 8.31. The molecule has 0 bridgehead atoms. The van der Waals surface area contributed by atoms with Crippen LogP contribution in [-0.4, -0.2) is 73.4 Å². The van der Waals surface area contributed by atoms with E-state index in [0.717, 1.165) is 57.8 Å². The van der Waals surface area contributed by atoms with E-state index in [0.29, 0.717) is 23.9 Å². The van der Waals surface area contributed by atoms with E-state index in [1.807, 2.05) is 21.1 Å². The molecule has 3 N–H and O–H groups in total. The maximum absolute atomic E-state index is 12.8. The Balaban J connectivity index is 3.68. The number of allylic oxidation sites excluding steroid dienone is 4. The van der Waals surface area contributed by atoms with E-state index in [-0.39, 0.29) is 19.1 Å². The van der Waals surface area contributed by atoms with Crippen molar-refractivity contribution in [3.8, 4) is 0 Å². The fourth-order valence-corrected chi connectivity index (χ4v) is 9.05. The van der Waals surface area contributed by atoms with Gasteiger partial charge in [0.15, 0.2) is 0 Å². The molecule has 0 aliphatic heterocycles. The summed E-state index contributed by atoms with van der Waals surface area (Å²) in [5, 5.41) is 13.8. The Hall–Kier alpha value is -1.02. The van der Waals surface area contributed by atoms with Crippen LogP contribution in [0.2, 0.25) is 0 Å². The summed E-state index contributed by atoms with van der Waals surface area (Å²) in [6.45, 7) is 4.81. The first-order valence-corrected chi connectivity index (χ1v) is 29.2. The second kappa shape index (κ2) is 47.1. The average Bonchev–Trinajstić information content (AvgIpc) is 3.25. The average molecular weight is 926 g/mol. The minimum Gasteiger partial charge on any atom is -0.391 e. The van der Waals surface area contributed by atoms with E-state index < -0.39 is 20.0 Å². The second-order valence-electron chi connectivity index (χ2n) is 20.3. The molecule has 0 aliphatic rings. The zero-order chi connectivity index (χ0) is 47.1. The van der Waals surface area contributed by atoms with Gasteiger partial charge in [0.25, 0.3) is 0 Å². The minimum atomic E-state index is -4.30. The van der Waals surface area contributed by atoms with E-state index in [1.54, 1.807) is 0 Å². The Morgan fingerprint density at radius 3 is 1.28 bits per heavy atom. The summed E-state index contributed by atoms with van der Waals surface area (Å²) >= 11 is 0. The highest BCUT2D eigenvalue weighted by atomic mass is 31.2. The predicted octanol–water partition coefficient (Wildman–Crippen LogP) is 16.4. The smallest absolute Gasteiger partial charge is 0.391 e. The van der Waals surface area contributed by atoms with E-state index in [4.69, 9.17) is 9.05 Å². The van der Waals surface area contributed by atoms with Crippen LogP contribution in [0.15, 0.2) is 24.3 Å². The molecular formula is C55H110N2O6P+. The Bertz CT molecular complexity index is 1090. The number of nitrogens with zero attached hydrogens (tertiary/aromatic N) is 1. The number of quaternary nitrogens is 1. The second-order valence-corrected chi connectivity index (χ2v) is 21.8. The summed E-state index contributed by atoms with van der Waals surface area (Å²) in [5.41, 5.74) is 0. The number of likely N-dealkylation sites (N-methyl/N-ethyl adjacent to an activating group) is 1. The topological polar surface area (TPSA) is 105 Å². The minimum absolute atomic E-state index is 0.0760. The van der Waals surface area contributed by atoms with E-state index >= 15 is 0 Å². The zero-order valence-corrected chi connectivity index (χ0v) is 44.2. The third-order valence-electron chi connectivity index (χ3n) is 12.7. The molecule has 0 rings (SSSR count). The van der Waals surface area contributed by atoms with Crippen molar-refractivity contribution in [3.05, 3.63) is 24.3 Å². The first kappa shape index (κ1) is 63.0. The predicted molar refractivity (Wildman–Crippen MR) is 277 cm³/mol. The van der Waals surface area contributed by atoms with Crippen LogP contribution in [-0.2, 0) is 18.4 Å². The molecule has 0 heterocycles. The first-order valence-electron chi connectivity index (χ1n) is 27.7. The van der Waals surface area contributed by atoms with Crippen LogP contribution in [0, 0.1) is 0 Å². The zero-order valence-electron chi connectivity index (χ0n) is 43.3. The third kappa shape index (κ3) is 48.9. The Morgan fingerprint density at radius 1 is 0.531 bits per heavy atom. The first-order chi connectivity index (χ1) is 31.0. The van der Waals surface area contributed by atoms with Crippen molar-refractivity contribution in [2.75, 3.05) is 40.9 Å². The highest BCUT2D eigenvalue weighted by molar-refractivity contribution is 7.47. The van der Waals surface area contributed by atoms with Gasteiger partial charge in [0, 0.05) is 6.42 Å². The lowest BCUT2D eigenvalue weighted by Crippen LogP contribution is -2.46. The number of hydrogen-bond acceptors (Lipinski definition) is 5. The number of amides is 1. The molecule has 3 unspecified atom stereocenters. The molecule has 3 atom stereocenters. The quantitative estimate of drug-likeness (QED) is 0.0243. The SMILES string of the molecule is CCCCCCC/C=C\C/C=C\CCCCCCCCCCCCCCCCCCCCCCCCCCCC(=O)NC(COP(=O)(O)OCC[N+](C)(C)C)C(O)CCCCCCC. The summed E-state index contributed by atoms with van der Waals surface area (Å²) < 4.78 is 23.5. The molecule has 0 fully saturated rings. The largest absolute Gasteiger partial charge is 0.472 e. The van der Waals surface area contributed by atoms with E-state index in [1.165, 1.54) is 186 Å². The lowest BCUT2D eigenvalue weighted by molar-refractivity contribution is -0.870. The molecule has 1 amide bonds. The van der Waals surface area contributed by atoms with Crippen LogP contribution >= 0.6 is 7.82 Å². The fraction of sp³-hybridized carbons (Fsp3) is 0.909. The normalized spacial score (nSPS) is 14.2. The number of phosphoric acid groups is 1. The molecule has 0 radical (unpaired) electrons. The van der Waals surface area contributed by atoms with E-state index in [2.05, 4.69) is 43.5 Å². The number of hydrogen-bond donors (Lipinski definition) is 3. The van der Waals surface area contributed by atoms with Crippen LogP contribution in [0.1, 0.15) is 271 Å². The number of unbranched alkanes of at least 4 members (excludes halogenated alkanes) is 34. The van der Waals surface area contributed by atoms with Gasteiger partial charge >= 0.3 is 7.82 Å². The van der Waals surface area contributed by atoms with Crippen molar-refractivity contribution < 1.29 is 32.9 Å². The molecule has 0 spiro atoms. The number of rotatable bonds is 51. The lowest BCUT2D eigenvalue weighted by Gasteiger charge is -2.26. The highest BCUT2D eigenvalue weighted by Gasteiger charge is 2.28. The van der Waals surface area contributed by atoms with Gasteiger partial charge in [-0.2, -0.15) is 0 Å². The maximum Gasteiger partial charge on any atom is 0.472 e. The summed E-state index contributed by atoms with van der Waals surface area (Å²) in [7, 11) is 1.62. The van der Waals surface area contributed by atoms with Gasteiger partial charge in [0.2, 0.25) is 5.91 Å². The summed E-state index contributed by atoms with van der Waals surface area (Å²) in [6.07, 6.45) is 58.8. The lowest BCUT2D eigenvalue weighted by atomic mass is 10.0. The number of aliphatic hydroxyl groups is 1. The Labute approximate surface area is 398 Å². The molecule has 0 saturated carbocycles. The highest BCUT2D eigenvalue weighted by Crippen LogP contribution is 2.43. The molecule has 0 aromatic rings. The standard InChI is InChI=1S/C55H109N2O6P/c1-6-8-10-12-13-14-15-16-17-18-19-20-21-22-23-24-25-26-27-28-29-30-31-32-33-34-35-36-37-38-39-40-41-42-43-45-47-49-55(59)56-53(54(58)48-46-44-11-9-7-2)52-63-64(60,61)62-51-50-57(3,4)5/h15-16,18-19,53-54,58H,6-14,17,20-52H2,1-5H3,(H-,56,59,60,61)/p+1/b16-15-,19-18-. The molecule has 0 aromatic heterocycles. The van der Waals surface area contributed by atoms with Crippen molar-refractivity contribution in [2.45, 2.75) is 283 Å². The maximum atomic E-state index is 12.8. The molecule has 0 saturated heterocycles. The van der Waals surface area contributed by atoms with Gasteiger partial charge in [-0.1, -0.05) is 244 Å². The third-order valence-corrected chi connectivity index (χ3v) is 13.7. The van der Waals surface area contributed by atoms with Gasteiger partial charge < -0.3 is 19.8 Å². The number of aliphatic hydroxyl groups excluding tert-OH is 1. The van der Waals surface area contributed by atoms with Crippen molar-refractivity contribution in [3.63, 3.8) is 0 Å². The van der Waals surface area contributed by atoms with Crippen molar-refractivity contribution in [2.24, 2.45) is 0 Å². The van der Waals surface area contributed by atoms with Crippen LogP contribution in [0.3, 0.4) is 0 Å². The van der Waals surface area contributed by atoms with Gasteiger partial charge in [0.05, 0.1) is 39.9 Å². The molecule has 8 nitrogen and oxygen atoms in total. The van der Waals surface area contributed by atoms with Gasteiger partial charge in [-0.05, 0) is 44.9 Å². The number of phosphoric ester groups is 1. The van der Waals surface area contributed by atoms with Gasteiger partial charge in [-0.15, -0.1) is 0 Å². The summed E-state index contributed by atoms with van der Waals surface area (Å²) in [6, 6.07) is -0.753. The van der Waals surface area contributed by atoms with Crippen molar-refractivity contribution >= 4 is 13.7 Å². The van der Waals surface area contributed by atoms with Crippen LogP contribution < -0.4 is 5.32 Å². The number of carbonyl (C=O) groups is 1. The van der Waals surface area contributed by atoms with Gasteiger partial charge in [-0.3, -0.25) is 13.8 Å². The summed E-state index contributed by atoms with van der Waals surface area (Å²) in [4.78, 5) is 23.0. The monoisotopic (exact) mass is 926 g/mol. The molecule has 0 aliphatic carbocycles. The van der Waals surface area contributed by atoms with Crippen molar-refractivity contribution in [1.82, 2.24) is 5.32 Å². The number of nitrogens with one attached hydrogen (secondary N) is 1. The number of carbonyl (C=O) groups excluding carboxylic acids is 1.